The molecule has 0 spiro atoms. The van der Waals surface area contributed by atoms with E-state index in [0.717, 1.165) is 103 Å². The van der Waals surface area contributed by atoms with Gasteiger partial charge in [0, 0.05) is 19.3 Å². The van der Waals surface area contributed by atoms with Crippen LogP contribution in [-0.4, -0.2) is 37.2 Å². The number of unbranched alkanes of at least 4 members (excludes halogenated alkanes) is 42. The first-order valence-electron chi connectivity index (χ1n) is 35.4. The first-order chi connectivity index (χ1) is 40.0. The summed E-state index contributed by atoms with van der Waals surface area (Å²) in [6, 6.07) is 0. The molecule has 0 bridgehead atoms. The van der Waals surface area contributed by atoms with Gasteiger partial charge in [0.15, 0.2) is 6.10 Å². The summed E-state index contributed by atoms with van der Waals surface area (Å²) in [6.45, 7) is 6.58. The molecule has 0 N–H and O–H groups in total. The third-order valence-corrected chi connectivity index (χ3v) is 15.7. The van der Waals surface area contributed by atoms with Crippen LogP contribution in [-0.2, 0) is 28.6 Å². The average molecular weight is 1130 g/mol. The highest BCUT2D eigenvalue weighted by molar-refractivity contribution is 5.71. The summed E-state index contributed by atoms with van der Waals surface area (Å²) >= 11 is 0. The lowest BCUT2D eigenvalue weighted by Crippen LogP contribution is -2.30. The summed E-state index contributed by atoms with van der Waals surface area (Å²) in [7, 11) is 0. The molecule has 0 radical (unpaired) electrons. The summed E-state index contributed by atoms with van der Waals surface area (Å²) in [5.41, 5.74) is 0. The summed E-state index contributed by atoms with van der Waals surface area (Å²) in [5, 5.41) is 0. The normalized spacial score (nSPS) is 12.5. The maximum Gasteiger partial charge on any atom is 0.306 e. The van der Waals surface area contributed by atoms with Gasteiger partial charge in [0.1, 0.15) is 13.2 Å². The van der Waals surface area contributed by atoms with Crippen LogP contribution in [0, 0.1) is 0 Å². The predicted molar refractivity (Wildman–Crippen MR) is 353 cm³/mol. The number of esters is 3. The molecule has 0 aliphatic heterocycles. The summed E-state index contributed by atoms with van der Waals surface area (Å²) in [6.07, 6.45) is 90.7. The molecule has 1 atom stereocenters. The number of carbonyl (C=O) groups is 3. The van der Waals surface area contributed by atoms with Gasteiger partial charge < -0.3 is 14.2 Å². The van der Waals surface area contributed by atoms with Crippen LogP contribution in [0.1, 0.15) is 367 Å². The van der Waals surface area contributed by atoms with E-state index in [4.69, 9.17) is 14.2 Å². The lowest BCUT2D eigenvalue weighted by molar-refractivity contribution is -0.167. The lowest BCUT2D eigenvalue weighted by atomic mass is 10.0. The first kappa shape index (κ1) is 77.9. The van der Waals surface area contributed by atoms with Gasteiger partial charge >= 0.3 is 17.9 Å². The zero-order valence-electron chi connectivity index (χ0n) is 54.1. The van der Waals surface area contributed by atoms with E-state index >= 15 is 0 Å². The Kier molecular flexibility index (Phi) is 66.6. The van der Waals surface area contributed by atoms with Crippen molar-refractivity contribution in [2.24, 2.45) is 0 Å². The molecule has 0 saturated carbocycles. The molecule has 6 heteroatoms. The summed E-state index contributed by atoms with van der Waals surface area (Å²) in [4.78, 5) is 38.4. The minimum Gasteiger partial charge on any atom is -0.462 e. The molecule has 470 valence electrons. The Morgan fingerprint density at radius 1 is 0.259 bits per heavy atom. The molecule has 0 saturated heterocycles. The van der Waals surface area contributed by atoms with Crippen LogP contribution < -0.4 is 0 Å². The molecular formula is C75H134O6. The van der Waals surface area contributed by atoms with Crippen LogP contribution >= 0.6 is 0 Å². The van der Waals surface area contributed by atoms with Crippen molar-refractivity contribution in [3.05, 3.63) is 72.9 Å². The number of carbonyl (C=O) groups excluding carboxylic acids is 3. The molecule has 6 nitrogen and oxygen atoms in total. The number of ether oxygens (including phenoxy) is 3. The summed E-state index contributed by atoms with van der Waals surface area (Å²) < 4.78 is 17.0. The Morgan fingerprint density at radius 3 is 0.753 bits per heavy atom. The fraction of sp³-hybridized carbons (Fsp3) is 0.800. The molecular weight excluding hydrogens is 997 g/mol. The van der Waals surface area contributed by atoms with Gasteiger partial charge in [-0.15, -0.1) is 0 Å². The standard InChI is InChI=1S/C75H134O6/c1-4-7-10-13-16-19-22-25-27-29-31-33-35-36-37-38-40-41-43-45-47-50-53-56-59-62-65-68-74(77)80-71-72(70-79-73(76)67-64-61-58-55-52-49-24-21-18-15-12-9-6-3)81-75(78)69-66-63-60-57-54-51-48-46-44-42-39-34-32-30-28-26-23-20-17-14-11-8-5-2/h7,10,16,19,25,27,31,33,36-37,40-41,72H,4-6,8-9,11-15,17-18,20-24,26,28-30,32,34-35,38-39,42-71H2,1-3H3/b10-7-,19-16-,27-25-,33-31-,37-36-,41-40-. The van der Waals surface area contributed by atoms with E-state index in [9.17, 15) is 14.4 Å². The second-order valence-electron chi connectivity index (χ2n) is 23.8. The van der Waals surface area contributed by atoms with E-state index in [1.807, 2.05) is 0 Å². The Balaban J connectivity index is 4.28. The van der Waals surface area contributed by atoms with Crippen molar-refractivity contribution in [1.82, 2.24) is 0 Å². The van der Waals surface area contributed by atoms with Crippen molar-refractivity contribution >= 4 is 17.9 Å². The number of allylic oxidation sites excluding steroid dienone is 12. The largest absolute Gasteiger partial charge is 0.462 e. The lowest BCUT2D eigenvalue weighted by Gasteiger charge is -2.18. The van der Waals surface area contributed by atoms with Gasteiger partial charge in [-0.3, -0.25) is 14.4 Å². The Hall–Kier alpha value is -3.15. The Bertz CT molecular complexity index is 1490. The van der Waals surface area contributed by atoms with E-state index in [2.05, 4.69) is 93.7 Å². The molecule has 0 aliphatic rings. The smallest absolute Gasteiger partial charge is 0.306 e. The van der Waals surface area contributed by atoms with E-state index in [0.29, 0.717) is 19.3 Å². The zero-order valence-corrected chi connectivity index (χ0v) is 54.1. The van der Waals surface area contributed by atoms with Gasteiger partial charge in [-0.1, -0.05) is 351 Å². The SMILES string of the molecule is CC/C=C\C/C=C\C/C=C\C/C=C\C/C=C\C/C=C\CCCCCCCCCCC(=O)OCC(COC(=O)CCCCCCCCCCCCCCC)OC(=O)CCCCCCCCCCCCCCCCCCCCCCCCC. The molecule has 1 unspecified atom stereocenters. The molecule has 0 aliphatic carbocycles. The van der Waals surface area contributed by atoms with Crippen LogP contribution in [0.3, 0.4) is 0 Å². The van der Waals surface area contributed by atoms with Gasteiger partial charge in [0.25, 0.3) is 0 Å². The zero-order chi connectivity index (χ0) is 58.5. The van der Waals surface area contributed by atoms with Crippen molar-refractivity contribution in [2.75, 3.05) is 13.2 Å². The fourth-order valence-corrected chi connectivity index (χ4v) is 10.5. The topological polar surface area (TPSA) is 78.9 Å². The number of hydrogen-bond acceptors (Lipinski definition) is 6. The predicted octanol–water partition coefficient (Wildman–Crippen LogP) is 24.4. The van der Waals surface area contributed by atoms with E-state index in [1.165, 1.54) is 225 Å². The second kappa shape index (κ2) is 69.3. The highest BCUT2D eigenvalue weighted by atomic mass is 16.6. The third kappa shape index (κ3) is 67.5. The Labute approximate surface area is 503 Å². The van der Waals surface area contributed by atoms with Gasteiger partial charge in [-0.2, -0.15) is 0 Å². The van der Waals surface area contributed by atoms with Gasteiger partial charge in [0.05, 0.1) is 0 Å². The molecule has 0 aromatic rings. The van der Waals surface area contributed by atoms with Crippen LogP contribution in [0.2, 0.25) is 0 Å². The van der Waals surface area contributed by atoms with Crippen LogP contribution in [0.15, 0.2) is 72.9 Å². The van der Waals surface area contributed by atoms with Crippen LogP contribution in [0.5, 0.6) is 0 Å². The molecule has 0 aromatic carbocycles. The van der Waals surface area contributed by atoms with Gasteiger partial charge in [-0.05, 0) is 70.6 Å². The van der Waals surface area contributed by atoms with Crippen LogP contribution in [0.25, 0.3) is 0 Å². The maximum absolute atomic E-state index is 13.0. The quantitative estimate of drug-likeness (QED) is 0.0261. The highest BCUT2D eigenvalue weighted by Gasteiger charge is 2.19. The maximum atomic E-state index is 13.0. The van der Waals surface area contributed by atoms with E-state index in [-0.39, 0.29) is 31.1 Å². The number of rotatable bonds is 65. The highest BCUT2D eigenvalue weighted by Crippen LogP contribution is 2.18. The van der Waals surface area contributed by atoms with Gasteiger partial charge in [-0.25, -0.2) is 0 Å². The van der Waals surface area contributed by atoms with Crippen molar-refractivity contribution in [3.63, 3.8) is 0 Å². The first-order valence-corrected chi connectivity index (χ1v) is 35.4. The molecule has 0 aromatic heterocycles. The minimum atomic E-state index is -0.777. The Morgan fingerprint density at radius 2 is 0.481 bits per heavy atom. The summed E-state index contributed by atoms with van der Waals surface area (Å²) in [5.74, 6) is -0.857. The molecule has 81 heavy (non-hydrogen) atoms. The molecule has 0 heterocycles. The molecule has 0 rings (SSSR count). The van der Waals surface area contributed by atoms with E-state index in [1.54, 1.807) is 0 Å². The van der Waals surface area contributed by atoms with Crippen molar-refractivity contribution in [3.8, 4) is 0 Å². The van der Waals surface area contributed by atoms with Crippen molar-refractivity contribution < 1.29 is 28.6 Å². The number of hydrogen-bond donors (Lipinski definition) is 0. The monoisotopic (exact) mass is 1130 g/mol. The molecule has 0 fully saturated rings. The van der Waals surface area contributed by atoms with Crippen molar-refractivity contribution in [1.29, 1.82) is 0 Å². The van der Waals surface area contributed by atoms with Gasteiger partial charge in [0.2, 0.25) is 0 Å². The van der Waals surface area contributed by atoms with E-state index < -0.39 is 6.10 Å². The van der Waals surface area contributed by atoms with Crippen LogP contribution in [0.4, 0.5) is 0 Å². The fourth-order valence-electron chi connectivity index (χ4n) is 10.5. The second-order valence-corrected chi connectivity index (χ2v) is 23.8. The average Bonchev–Trinajstić information content (AvgIpc) is 3.46. The van der Waals surface area contributed by atoms with Crippen molar-refractivity contribution in [2.45, 2.75) is 374 Å². The third-order valence-electron chi connectivity index (χ3n) is 15.7. The minimum absolute atomic E-state index is 0.0723. The molecule has 0 amide bonds.